The third-order valence-electron chi connectivity index (χ3n) is 11.3. The van der Waals surface area contributed by atoms with Gasteiger partial charge in [-0.25, -0.2) is 0 Å². The average molecular weight is 929 g/mol. The average Bonchev–Trinajstić information content (AvgIpc) is 3.33. The molecule has 67 heavy (non-hydrogen) atoms. The van der Waals surface area contributed by atoms with Gasteiger partial charge in [0, 0.05) is 12.8 Å². The van der Waals surface area contributed by atoms with Gasteiger partial charge >= 0.3 is 17.9 Å². The fourth-order valence-electron chi connectivity index (χ4n) is 7.27. The van der Waals surface area contributed by atoms with Gasteiger partial charge in [0.15, 0.2) is 6.10 Å². The second-order valence-electron chi connectivity index (χ2n) is 17.8. The molecule has 0 aliphatic carbocycles. The molecular formula is C61H100O6. The summed E-state index contributed by atoms with van der Waals surface area (Å²) in [4.78, 5) is 37.9. The van der Waals surface area contributed by atoms with Gasteiger partial charge in [-0.05, 0) is 83.5 Å². The molecule has 0 radical (unpaired) electrons. The van der Waals surface area contributed by atoms with Crippen molar-refractivity contribution >= 4 is 17.9 Å². The maximum absolute atomic E-state index is 12.7. The second-order valence-corrected chi connectivity index (χ2v) is 17.8. The summed E-state index contributed by atoms with van der Waals surface area (Å²) in [5.41, 5.74) is 0. The van der Waals surface area contributed by atoms with Crippen LogP contribution in [0.25, 0.3) is 0 Å². The molecule has 0 spiro atoms. The molecule has 0 saturated heterocycles. The lowest BCUT2D eigenvalue weighted by molar-refractivity contribution is -0.166. The van der Waals surface area contributed by atoms with E-state index in [1.165, 1.54) is 103 Å². The van der Waals surface area contributed by atoms with E-state index < -0.39 is 12.1 Å². The molecule has 1 unspecified atom stereocenters. The Labute approximate surface area is 412 Å². The van der Waals surface area contributed by atoms with Gasteiger partial charge in [-0.1, -0.05) is 246 Å². The molecule has 0 aliphatic heterocycles. The predicted molar refractivity (Wildman–Crippen MR) is 288 cm³/mol. The van der Waals surface area contributed by atoms with E-state index in [-0.39, 0.29) is 31.6 Å². The minimum atomic E-state index is -0.831. The van der Waals surface area contributed by atoms with Crippen molar-refractivity contribution in [2.24, 2.45) is 0 Å². The van der Waals surface area contributed by atoms with Gasteiger partial charge in [0.2, 0.25) is 0 Å². The van der Waals surface area contributed by atoms with Gasteiger partial charge in [-0.15, -0.1) is 0 Å². The molecule has 0 heterocycles. The largest absolute Gasteiger partial charge is 0.462 e. The zero-order valence-corrected chi connectivity index (χ0v) is 43.4. The topological polar surface area (TPSA) is 78.9 Å². The lowest BCUT2D eigenvalue weighted by atomic mass is 10.0. The lowest BCUT2D eigenvalue weighted by Gasteiger charge is -2.18. The van der Waals surface area contributed by atoms with Crippen LogP contribution < -0.4 is 0 Å². The number of ether oxygens (including phenoxy) is 3. The van der Waals surface area contributed by atoms with Crippen molar-refractivity contribution in [3.63, 3.8) is 0 Å². The number of rotatable bonds is 48. The molecule has 0 saturated carbocycles. The van der Waals surface area contributed by atoms with Crippen molar-refractivity contribution in [1.29, 1.82) is 0 Å². The Balaban J connectivity index is 4.32. The van der Waals surface area contributed by atoms with Crippen LogP contribution in [0.5, 0.6) is 0 Å². The summed E-state index contributed by atoms with van der Waals surface area (Å²) < 4.78 is 16.7. The standard InChI is InChI=1S/C61H100O6/c1-4-7-10-13-16-19-21-23-25-26-27-28-29-30-31-32-33-34-36-37-39-42-45-48-51-54-60(63)66-57-58(56-65-59(62)53-50-47-44-41-18-15-12-9-6-3)67-61(64)55-52-49-46-43-40-38-35-24-22-20-17-14-11-8-5-2/h7-8,10-11,16-17,19-20,23-25,27-28,35,40,43,49,52,58H,4-6,9,12-15,18,21-22,26,29-34,36-39,41-42,44-48,50-51,53-57H2,1-3H3/b10-7-,11-8-,19-16-,20-17-,25-23-,28-27-,35-24-,43-40-,52-49-. The van der Waals surface area contributed by atoms with E-state index in [0.29, 0.717) is 12.8 Å². The number of hydrogen-bond acceptors (Lipinski definition) is 6. The number of esters is 3. The zero-order valence-electron chi connectivity index (χ0n) is 43.4. The Hall–Kier alpha value is -3.93. The van der Waals surface area contributed by atoms with Crippen molar-refractivity contribution in [2.75, 3.05) is 13.2 Å². The van der Waals surface area contributed by atoms with Crippen LogP contribution in [0, 0.1) is 0 Å². The van der Waals surface area contributed by atoms with Crippen LogP contribution in [0.3, 0.4) is 0 Å². The molecule has 6 nitrogen and oxygen atoms in total. The third-order valence-corrected chi connectivity index (χ3v) is 11.3. The zero-order chi connectivity index (χ0) is 48.6. The molecule has 0 N–H and O–H groups in total. The summed E-state index contributed by atoms with van der Waals surface area (Å²) in [5, 5.41) is 0. The summed E-state index contributed by atoms with van der Waals surface area (Å²) in [6.07, 6.45) is 74.0. The highest BCUT2D eigenvalue weighted by atomic mass is 16.6. The van der Waals surface area contributed by atoms with Gasteiger partial charge in [-0.2, -0.15) is 0 Å². The minimum absolute atomic E-state index is 0.0954. The van der Waals surface area contributed by atoms with Crippen LogP contribution in [0.4, 0.5) is 0 Å². The first-order valence-electron chi connectivity index (χ1n) is 27.4. The number of hydrogen-bond donors (Lipinski definition) is 0. The quantitative estimate of drug-likeness (QED) is 0.0262. The van der Waals surface area contributed by atoms with Crippen LogP contribution in [0.2, 0.25) is 0 Å². The van der Waals surface area contributed by atoms with Crippen molar-refractivity contribution in [3.05, 3.63) is 109 Å². The van der Waals surface area contributed by atoms with Crippen LogP contribution in [0.15, 0.2) is 109 Å². The Morgan fingerprint density at radius 1 is 0.328 bits per heavy atom. The summed E-state index contributed by atoms with van der Waals surface area (Å²) in [5.74, 6) is -1.05. The summed E-state index contributed by atoms with van der Waals surface area (Å²) in [6.45, 7) is 6.30. The summed E-state index contributed by atoms with van der Waals surface area (Å²) >= 11 is 0. The first kappa shape index (κ1) is 63.1. The molecule has 1 atom stereocenters. The minimum Gasteiger partial charge on any atom is -0.462 e. The predicted octanol–water partition coefficient (Wildman–Crippen LogP) is 18.3. The van der Waals surface area contributed by atoms with Crippen molar-refractivity contribution < 1.29 is 28.6 Å². The number of allylic oxidation sites excluding steroid dienone is 17. The molecule has 380 valence electrons. The molecule has 0 aromatic carbocycles. The van der Waals surface area contributed by atoms with Crippen LogP contribution in [-0.2, 0) is 28.6 Å². The van der Waals surface area contributed by atoms with Crippen LogP contribution in [0.1, 0.15) is 239 Å². The Kier molecular flexibility index (Phi) is 51.5. The van der Waals surface area contributed by atoms with Crippen LogP contribution >= 0.6 is 0 Å². The number of unbranched alkanes of at least 4 members (excludes halogenated alkanes) is 20. The van der Waals surface area contributed by atoms with Crippen molar-refractivity contribution in [2.45, 2.75) is 245 Å². The van der Waals surface area contributed by atoms with E-state index in [0.717, 1.165) is 96.3 Å². The molecule has 0 bridgehead atoms. The van der Waals surface area contributed by atoms with Crippen molar-refractivity contribution in [1.82, 2.24) is 0 Å². The normalized spacial score (nSPS) is 12.9. The van der Waals surface area contributed by atoms with Gasteiger partial charge in [0.05, 0.1) is 6.42 Å². The molecule has 0 aliphatic rings. The number of carbonyl (C=O) groups is 3. The Bertz CT molecular complexity index is 1390. The van der Waals surface area contributed by atoms with E-state index in [4.69, 9.17) is 14.2 Å². The summed E-state index contributed by atoms with van der Waals surface area (Å²) in [6, 6.07) is 0. The summed E-state index contributed by atoms with van der Waals surface area (Å²) in [7, 11) is 0. The Morgan fingerprint density at radius 2 is 0.627 bits per heavy atom. The fraction of sp³-hybridized carbons (Fsp3) is 0.656. The maximum atomic E-state index is 12.7. The molecule has 0 rings (SSSR count). The van der Waals surface area contributed by atoms with E-state index in [1.54, 1.807) is 6.08 Å². The van der Waals surface area contributed by atoms with E-state index in [9.17, 15) is 14.4 Å². The smallest absolute Gasteiger partial charge is 0.310 e. The fourth-order valence-corrected chi connectivity index (χ4v) is 7.27. The van der Waals surface area contributed by atoms with Crippen LogP contribution in [-0.4, -0.2) is 37.2 Å². The molecule has 0 amide bonds. The molecule has 0 aromatic heterocycles. The van der Waals surface area contributed by atoms with Gasteiger partial charge in [0.25, 0.3) is 0 Å². The van der Waals surface area contributed by atoms with Crippen molar-refractivity contribution in [3.8, 4) is 0 Å². The highest BCUT2D eigenvalue weighted by molar-refractivity contribution is 5.72. The lowest BCUT2D eigenvalue weighted by Crippen LogP contribution is -2.30. The SMILES string of the molecule is CC/C=C\C/C=C\C/C=C\C/C=C\C/C=C\CC(=O)OC(COC(=O)CCCCCCCCCCC)COC(=O)CCCCCCCCCCCCCC/C=C\C/C=C\C/C=C\C/C=C\CC. The molecule has 0 fully saturated rings. The Morgan fingerprint density at radius 3 is 0.985 bits per heavy atom. The highest BCUT2D eigenvalue weighted by Gasteiger charge is 2.19. The molecule has 0 aromatic rings. The first-order chi connectivity index (χ1) is 33.0. The highest BCUT2D eigenvalue weighted by Crippen LogP contribution is 2.15. The maximum Gasteiger partial charge on any atom is 0.310 e. The van der Waals surface area contributed by atoms with Gasteiger partial charge in [-0.3, -0.25) is 14.4 Å². The molecular weight excluding hydrogens is 829 g/mol. The van der Waals surface area contributed by atoms with Gasteiger partial charge < -0.3 is 14.2 Å². The van der Waals surface area contributed by atoms with Gasteiger partial charge in [0.1, 0.15) is 13.2 Å². The molecule has 6 heteroatoms. The van der Waals surface area contributed by atoms with E-state index >= 15 is 0 Å². The third kappa shape index (κ3) is 52.9. The van der Waals surface area contributed by atoms with E-state index in [2.05, 4.69) is 118 Å². The number of carbonyl (C=O) groups excluding carboxylic acids is 3. The first-order valence-corrected chi connectivity index (χ1v) is 27.4. The second kappa shape index (κ2) is 54.7. The van der Waals surface area contributed by atoms with E-state index in [1.807, 2.05) is 6.08 Å². The monoisotopic (exact) mass is 929 g/mol.